The first-order valence-electron chi connectivity index (χ1n) is 7.58. The normalized spacial score (nSPS) is 18.4. The monoisotopic (exact) mass is 340 g/mol. The van der Waals surface area contributed by atoms with Crippen molar-refractivity contribution in [2.24, 2.45) is 5.92 Å². The number of aliphatic carboxylic acids is 1. The summed E-state index contributed by atoms with van der Waals surface area (Å²) in [7, 11) is 1.53. The van der Waals surface area contributed by atoms with Gasteiger partial charge in [0, 0.05) is 24.5 Å². The van der Waals surface area contributed by atoms with Crippen molar-refractivity contribution in [2.75, 3.05) is 32.1 Å². The van der Waals surface area contributed by atoms with E-state index in [0.717, 1.165) is 13.0 Å². The van der Waals surface area contributed by atoms with Crippen LogP contribution in [0.15, 0.2) is 18.2 Å². The number of carboxylic acids is 1. The second kappa shape index (κ2) is 8.17. The van der Waals surface area contributed by atoms with Gasteiger partial charge < -0.3 is 20.1 Å². The zero-order chi connectivity index (χ0) is 16.8. The number of benzene rings is 1. The van der Waals surface area contributed by atoms with E-state index in [0.29, 0.717) is 42.4 Å². The van der Waals surface area contributed by atoms with E-state index in [9.17, 15) is 9.59 Å². The number of hydrogen-bond acceptors (Lipinski definition) is 4. The van der Waals surface area contributed by atoms with Crippen LogP contribution in [0.1, 0.15) is 19.3 Å². The van der Waals surface area contributed by atoms with Gasteiger partial charge in [-0.3, -0.25) is 9.59 Å². The van der Waals surface area contributed by atoms with Gasteiger partial charge in [0.25, 0.3) is 0 Å². The fourth-order valence-electron chi connectivity index (χ4n) is 2.71. The van der Waals surface area contributed by atoms with Crippen LogP contribution in [0, 0.1) is 5.92 Å². The molecule has 1 aliphatic rings. The van der Waals surface area contributed by atoms with E-state index in [-0.39, 0.29) is 11.8 Å². The molecule has 1 aromatic carbocycles. The van der Waals surface area contributed by atoms with Crippen molar-refractivity contribution in [3.05, 3.63) is 23.2 Å². The van der Waals surface area contributed by atoms with Crippen molar-refractivity contribution >= 4 is 29.2 Å². The number of halogens is 1. The average Bonchev–Trinajstić information content (AvgIpc) is 2.53. The topological polar surface area (TPSA) is 78.9 Å². The Morgan fingerprint density at radius 2 is 2.26 bits per heavy atom. The highest BCUT2D eigenvalue weighted by Crippen LogP contribution is 2.27. The summed E-state index contributed by atoms with van der Waals surface area (Å²) in [5.74, 6) is -0.697. The van der Waals surface area contributed by atoms with Gasteiger partial charge in [-0.05, 0) is 37.6 Å². The lowest BCUT2D eigenvalue weighted by atomic mass is 9.98. The molecule has 2 N–H and O–H groups in total. The molecule has 7 heteroatoms. The second-order valence-electron chi connectivity index (χ2n) is 5.62. The summed E-state index contributed by atoms with van der Waals surface area (Å²) in [5.41, 5.74) is 0.534. The maximum atomic E-state index is 12.1. The zero-order valence-corrected chi connectivity index (χ0v) is 13.8. The third-order valence-electron chi connectivity index (χ3n) is 3.95. The fourth-order valence-corrected chi connectivity index (χ4v) is 2.88. The van der Waals surface area contributed by atoms with Crippen molar-refractivity contribution < 1.29 is 19.4 Å². The van der Waals surface area contributed by atoms with Crippen LogP contribution in [0.4, 0.5) is 5.69 Å². The van der Waals surface area contributed by atoms with E-state index < -0.39 is 5.97 Å². The van der Waals surface area contributed by atoms with Crippen molar-refractivity contribution in [2.45, 2.75) is 19.3 Å². The Balaban J connectivity index is 1.86. The summed E-state index contributed by atoms with van der Waals surface area (Å²) in [4.78, 5) is 25.2. The van der Waals surface area contributed by atoms with Crippen LogP contribution < -0.4 is 10.1 Å². The maximum absolute atomic E-state index is 12.1. The number of carbonyl (C=O) groups is 2. The number of likely N-dealkylation sites (tertiary alicyclic amines) is 1. The van der Waals surface area contributed by atoms with E-state index in [1.165, 1.54) is 7.11 Å². The van der Waals surface area contributed by atoms with Gasteiger partial charge in [0.2, 0.25) is 5.91 Å². The third-order valence-corrected chi connectivity index (χ3v) is 4.18. The summed E-state index contributed by atoms with van der Waals surface area (Å²) in [6.45, 7) is 1.87. The SMILES string of the molecule is COc1ccc(Cl)cc1NC(=O)CCN1CCCC(C(=O)O)C1. The number of ether oxygens (including phenoxy) is 1. The molecule has 1 heterocycles. The van der Waals surface area contributed by atoms with Gasteiger partial charge in [0.1, 0.15) is 5.75 Å². The molecule has 2 rings (SSSR count). The fraction of sp³-hybridized carbons (Fsp3) is 0.500. The minimum absolute atomic E-state index is 0.150. The molecule has 1 aromatic rings. The van der Waals surface area contributed by atoms with Crippen LogP contribution in [0.5, 0.6) is 5.75 Å². The Morgan fingerprint density at radius 1 is 1.48 bits per heavy atom. The van der Waals surface area contributed by atoms with E-state index in [2.05, 4.69) is 5.32 Å². The molecule has 1 atom stereocenters. The van der Waals surface area contributed by atoms with Crippen molar-refractivity contribution in [1.29, 1.82) is 0 Å². The van der Waals surface area contributed by atoms with Crippen LogP contribution in [-0.2, 0) is 9.59 Å². The molecule has 0 saturated carbocycles. The molecule has 6 nitrogen and oxygen atoms in total. The zero-order valence-electron chi connectivity index (χ0n) is 13.0. The number of rotatable bonds is 6. The van der Waals surface area contributed by atoms with E-state index >= 15 is 0 Å². The van der Waals surface area contributed by atoms with E-state index in [4.69, 9.17) is 21.4 Å². The molecule has 0 aliphatic carbocycles. The van der Waals surface area contributed by atoms with Gasteiger partial charge in [-0.25, -0.2) is 0 Å². The van der Waals surface area contributed by atoms with Crippen LogP contribution in [0.2, 0.25) is 5.02 Å². The predicted molar refractivity (Wildman–Crippen MR) is 88.1 cm³/mol. The standard InChI is InChI=1S/C16H21ClN2O4/c1-23-14-5-4-12(17)9-13(14)18-15(20)6-8-19-7-2-3-11(10-19)16(21)22/h4-5,9,11H,2-3,6-8,10H2,1H3,(H,18,20)(H,21,22). The van der Waals surface area contributed by atoms with Crippen molar-refractivity contribution in [1.82, 2.24) is 4.90 Å². The van der Waals surface area contributed by atoms with Crippen molar-refractivity contribution in [3.63, 3.8) is 0 Å². The lowest BCUT2D eigenvalue weighted by Crippen LogP contribution is -2.40. The lowest BCUT2D eigenvalue weighted by Gasteiger charge is -2.30. The van der Waals surface area contributed by atoms with Crippen LogP contribution >= 0.6 is 11.6 Å². The molecular weight excluding hydrogens is 320 g/mol. The molecule has 1 fully saturated rings. The largest absolute Gasteiger partial charge is 0.495 e. The van der Waals surface area contributed by atoms with Gasteiger partial charge in [0.15, 0.2) is 0 Å². The van der Waals surface area contributed by atoms with Gasteiger partial charge in [-0.2, -0.15) is 0 Å². The summed E-state index contributed by atoms with van der Waals surface area (Å²) >= 11 is 5.93. The Hall–Kier alpha value is -1.79. The predicted octanol–water partition coefficient (Wildman–Crippen LogP) is 2.47. The van der Waals surface area contributed by atoms with Crippen LogP contribution in [0.25, 0.3) is 0 Å². The Bertz CT molecular complexity index is 579. The number of carbonyl (C=O) groups excluding carboxylic acids is 1. The quantitative estimate of drug-likeness (QED) is 0.831. The second-order valence-corrected chi connectivity index (χ2v) is 6.06. The molecule has 0 bridgehead atoms. The van der Waals surface area contributed by atoms with Crippen molar-refractivity contribution in [3.8, 4) is 5.75 Å². The molecule has 1 unspecified atom stereocenters. The highest BCUT2D eigenvalue weighted by atomic mass is 35.5. The Kier molecular flexibility index (Phi) is 6.24. The third kappa shape index (κ3) is 5.11. The number of carboxylic acid groups (broad SMARTS) is 1. The van der Waals surface area contributed by atoms with Gasteiger partial charge >= 0.3 is 5.97 Å². The molecule has 1 amide bonds. The summed E-state index contributed by atoms with van der Waals surface area (Å²) < 4.78 is 5.19. The highest BCUT2D eigenvalue weighted by molar-refractivity contribution is 6.31. The highest BCUT2D eigenvalue weighted by Gasteiger charge is 2.25. The summed E-state index contributed by atoms with van der Waals surface area (Å²) in [6, 6.07) is 5.02. The number of anilines is 1. The van der Waals surface area contributed by atoms with Gasteiger partial charge in [-0.1, -0.05) is 11.6 Å². The minimum Gasteiger partial charge on any atom is -0.495 e. The lowest BCUT2D eigenvalue weighted by molar-refractivity contribution is -0.143. The molecule has 0 spiro atoms. The van der Waals surface area contributed by atoms with Gasteiger partial charge in [0.05, 0.1) is 18.7 Å². The number of methoxy groups -OCH3 is 1. The molecule has 0 radical (unpaired) electrons. The van der Waals surface area contributed by atoms with E-state index in [1.54, 1.807) is 18.2 Å². The smallest absolute Gasteiger partial charge is 0.307 e. The molecule has 126 valence electrons. The average molecular weight is 341 g/mol. The summed E-state index contributed by atoms with van der Waals surface area (Å²) in [5, 5.41) is 12.4. The molecule has 23 heavy (non-hydrogen) atoms. The molecule has 0 aromatic heterocycles. The number of piperidine rings is 1. The molecular formula is C16H21ClN2O4. The number of hydrogen-bond donors (Lipinski definition) is 2. The Morgan fingerprint density at radius 3 is 2.96 bits per heavy atom. The van der Waals surface area contributed by atoms with E-state index in [1.807, 2.05) is 4.90 Å². The first-order chi connectivity index (χ1) is 11.0. The minimum atomic E-state index is -0.761. The maximum Gasteiger partial charge on any atom is 0.307 e. The van der Waals surface area contributed by atoms with Crippen LogP contribution in [0.3, 0.4) is 0 Å². The first kappa shape index (κ1) is 17.6. The first-order valence-corrected chi connectivity index (χ1v) is 7.96. The molecule has 1 saturated heterocycles. The van der Waals surface area contributed by atoms with Gasteiger partial charge in [-0.15, -0.1) is 0 Å². The number of nitrogens with zero attached hydrogens (tertiary/aromatic N) is 1. The molecule has 1 aliphatic heterocycles. The Labute approximate surface area is 140 Å². The number of nitrogens with one attached hydrogen (secondary N) is 1. The van der Waals surface area contributed by atoms with Crippen LogP contribution in [-0.4, -0.2) is 48.6 Å². The summed E-state index contributed by atoms with van der Waals surface area (Å²) in [6.07, 6.45) is 1.85. The number of amides is 1.